The molecule has 0 radical (unpaired) electrons. The molecular formula is C31H55NO4Si2. The van der Waals surface area contributed by atoms with Gasteiger partial charge < -0.3 is 13.7 Å². The topological polar surface area (TPSA) is 57.1 Å². The summed E-state index contributed by atoms with van der Waals surface area (Å²) >= 11 is 0. The largest absolute Gasteiger partial charge is 0.520 e. The minimum atomic E-state index is -1.82. The highest BCUT2D eigenvalue weighted by molar-refractivity contribution is 6.71. The van der Waals surface area contributed by atoms with Crippen molar-refractivity contribution in [2.45, 2.75) is 124 Å². The Morgan fingerprint density at radius 1 is 1.05 bits per heavy atom. The van der Waals surface area contributed by atoms with Gasteiger partial charge in [0.1, 0.15) is 7.11 Å². The molecule has 0 aromatic heterocycles. The number of oxime groups is 1. The number of nitrogens with zero attached hydrogens (tertiary/aromatic N) is 1. The number of hydrogen-bond acceptors (Lipinski definition) is 5. The third-order valence-electron chi connectivity index (χ3n) is 10.7. The molecule has 0 spiro atoms. The van der Waals surface area contributed by atoms with Crippen LogP contribution in [-0.4, -0.2) is 41.5 Å². The molecule has 0 saturated heterocycles. The highest BCUT2D eigenvalue weighted by Crippen LogP contribution is 2.68. The molecule has 0 amide bonds. The number of hydrogen-bond donors (Lipinski definition) is 0. The van der Waals surface area contributed by atoms with E-state index in [0.717, 1.165) is 25.0 Å². The molecule has 0 aromatic rings. The molecule has 0 aliphatic heterocycles. The van der Waals surface area contributed by atoms with Gasteiger partial charge in [0.15, 0.2) is 8.32 Å². The molecule has 38 heavy (non-hydrogen) atoms. The minimum Gasteiger partial charge on any atom is -0.520 e. The summed E-state index contributed by atoms with van der Waals surface area (Å²) in [6.45, 7) is 20.9. The zero-order valence-corrected chi connectivity index (χ0v) is 28.0. The molecular weight excluding hydrogens is 507 g/mol. The summed E-state index contributed by atoms with van der Waals surface area (Å²) in [7, 11) is -1.89. The fourth-order valence-electron chi connectivity index (χ4n) is 9.19. The van der Waals surface area contributed by atoms with Gasteiger partial charge in [-0.25, -0.2) is 0 Å². The maximum atomic E-state index is 12.5. The highest BCUT2D eigenvalue weighted by atomic mass is 28.4. The van der Waals surface area contributed by atoms with Crippen molar-refractivity contribution in [2.75, 3.05) is 7.11 Å². The average molecular weight is 562 g/mol. The third-order valence-corrected chi connectivity index (χ3v) is 12.5. The van der Waals surface area contributed by atoms with Gasteiger partial charge in [0.2, 0.25) is 8.32 Å². The maximum absolute atomic E-state index is 12.5. The van der Waals surface area contributed by atoms with Crippen LogP contribution >= 0.6 is 0 Å². The lowest BCUT2D eigenvalue weighted by Crippen LogP contribution is -2.57. The number of carbonyl (C=O) groups excluding carboxylic acids is 1. The fourth-order valence-corrected chi connectivity index (χ4v) is 11.1. The first-order valence-electron chi connectivity index (χ1n) is 15.3. The van der Waals surface area contributed by atoms with Crippen molar-refractivity contribution in [3.05, 3.63) is 11.6 Å². The molecule has 4 aliphatic rings. The second kappa shape index (κ2) is 10.8. The lowest BCUT2D eigenvalue weighted by atomic mass is 9.45. The van der Waals surface area contributed by atoms with Crippen molar-refractivity contribution in [3.63, 3.8) is 0 Å². The number of carbonyl (C=O) groups is 1. The molecule has 0 N–H and O–H groups in total. The average Bonchev–Trinajstić information content (AvgIpc) is 3.13. The van der Waals surface area contributed by atoms with E-state index in [-0.39, 0.29) is 11.4 Å². The van der Waals surface area contributed by atoms with E-state index in [1.165, 1.54) is 32.1 Å². The first kappa shape index (κ1) is 30.0. The van der Waals surface area contributed by atoms with E-state index in [0.29, 0.717) is 47.5 Å². The third kappa shape index (κ3) is 6.05. The molecule has 3 fully saturated rings. The summed E-state index contributed by atoms with van der Waals surface area (Å²) in [5, 5.41) is 4.33. The Kier molecular flexibility index (Phi) is 8.55. The van der Waals surface area contributed by atoms with Crippen LogP contribution in [0.4, 0.5) is 0 Å². The van der Waals surface area contributed by atoms with Gasteiger partial charge in [-0.2, -0.15) is 0 Å². The monoisotopic (exact) mass is 561 g/mol. The normalized spacial score (nSPS) is 39.1. The van der Waals surface area contributed by atoms with Crippen molar-refractivity contribution >= 4 is 28.3 Å². The predicted molar refractivity (Wildman–Crippen MR) is 161 cm³/mol. The molecule has 7 heteroatoms. The second-order valence-electron chi connectivity index (χ2n) is 15.4. The van der Waals surface area contributed by atoms with Crippen LogP contribution in [0.25, 0.3) is 0 Å². The van der Waals surface area contributed by atoms with Crippen molar-refractivity contribution in [1.29, 1.82) is 0 Å². The Morgan fingerprint density at radius 3 is 2.39 bits per heavy atom. The molecule has 0 heterocycles. The van der Waals surface area contributed by atoms with Crippen LogP contribution < -0.4 is 0 Å². The summed E-state index contributed by atoms with van der Waals surface area (Å²) < 4.78 is 12.8. The summed E-state index contributed by atoms with van der Waals surface area (Å²) in [5.41, 5.74) is 3.21. The Balaban J connectivity index is 1.58. The van der Waals surface area contributed by atoms with Gasteiger partial charge in [0.25, 0.3) is 5.97 Å². The van der Waals surface area contributed by atoms with Crippen LogP contribution in [-0.2, 0) is 18.5 Å². The van der Waals surface area contributed by atoms with E-state index < -0.39 is 16.6 Å². The summed E-state index contributed by atoms with van der Waals surface area (Å²) in [4.78, 5) is 17.7. The quantitative estimate of drug-likeness (QED) is 0.221. The molecule has 0 bridgehead atoms. The van der Waals surface area contributed by atoms with E-state index in [9.17, 15) is 4.79 Å². The maximum Gasteiger partial charge on any atom is 0.292 e. The van der Waals surface area contributed by atoms with Crippen molar-refractivity contribution in [2.24, 2.45) is 45.6 Å². The van der Waals surface area contributed by atoms with Crippen LogP contribution in [0.3, 0.4) is 0 Å². The van der Waals surface area contributed by atoms with Crippen LogP contribution in [0, 0.1) is 40.4 Å². The van der Waals surface area contributed by atoms with Crippen LogP contribution in [0.15, 0.2) is 16.8 Å². The molecule has 8 atom stereocenters. The van der Waals surface area contributed by atoms with Gasteiger partial charge in [0.05, 0.1) is 11.8 Å². The summed E-state index contributed by atoms with van der Waals surface area (Å²) in [6.07, 6.45) is 12.6. The van der Waals surface area contributed by atoms with Crippen LogP contribution in [0.1, 0.15) is 78.6 Å². The molecule has 4 rings (SSSR count). The number of rotatable bonds is 8. The number of allylic oxidation sites excluding steroid dienone is 1. The lowest BCUT2D eigenvalue weighted by molar-refractivity contribution is -0.135. The first-order chi connectivity index (χ1) is 17.6. The predicted octanol–water partition coefficient (Wildman–Crippen LogP) is 8.19. The molecule has 4 unspecified atom stereocenters. The van der Waals surface area contributed by atoms with Crippen LogP contribution in [0.5, 0.6) is 0 Å². The van der Waals surface area contributed by atoms with Gasteiger partial charge in [-0.1, -0.05) is 31.5 Å². The van der Waals surface area contributed by atoms with Crippen LogP contribution in [0.2, 0.25) is 39.3 Å². The molecule has 3 saturated carbocycles. The highest BCUT2D eigenvalue weighted by Gasteiger charge is 2.62. The van der Waals surface area contributed by atoms with E-state index in [2.05, 4.69) is 71.3 Å². The second-order valence-corrected chi connectivity index (χ2v) is 24.3. The lowest BCUT2D eigenvalue weighted by Gasteiger charge is -2.61. The number of fused-ring (bicyclic) bond motifs is 5. The molecule has 4 aliphatic carbocycles. The summed E-state index contributed by atoms with van der Waals surface area (Å²) in [6, 6.07) is 0. The van der Waals surface area contributed by atoms with Gasteiger partial charge in [-0.3, -0.25) is 4.79 Å². The first-order valence-corrected chi connectivity index (χ1v) is 22.1. The van der Waals surface area contributed by atoms with Gasteiger partial charge in [0, 0.05) is 6.42 Å². The Hall–Kier alpha value is -0.926. The Morgan fingerprint density at radius 2 is 1.76 bits per heavy atom. The zero-order chi connectivity index (χ0) is 28.1. The van der Waals surface area contributed by atoms with Gasteiger partial charge in [-0.15, -0.1) is 0 Å². The van der Waals surface area contributed by atoms with E-state index in [1.807, 2.05) is 0 Å². The molecule has 216 valence electrons. The SMILES string of the molecule is CO/N=C1/C=C2C[C@@H](O[Si](C)(C)C)C3C(CC[C@@]4(C)C3CC[C@@H]4C(C)CCC(=O)O[Si](C)(C)C)[C@@]2(C)CC1. The Bertz CT molecular complexity index is 951. The van der Waals surface area contributed by atoms with E-state index in [4.69, 9.17) is 13.7 Å². The van der Waals surface area contributed by atoms with Crippen molar-refractivity contribution in [3.8, 4) is 0 Å². The minimum absolute atomic E-state index is 0.0104. The zero-order valence-electron chi connectivity index (χ0n) is 26.0. The Labute approximate surface area is 234 Å². The van der Waals surface area contributed by atoms with E-state index in [1.54, 1.807) is 12.7 Å². The van der Waals surface area contributed by atoms with Gasteiger partial charge >= 0.3 is 0 Å². The fraction of sp³-hybridized carbons (Fsp3) is 0.871. The molecule has 0 aromatic carbocycles. The van der Waals surface area contributed by atoms with Gasteiger partial charge in [-0.05, 0) is 137 Å². The van der Waals surface area contributed by atoms with Crippen molar-refractivity contribution < 1.29 is 18.5 Å². The van der Waals surface area contributed by atoms with Crippen molar-refractivity contribution in [1.82, 2.24) is 0 Å². The summed E-state index contributed by atoms with van der Waals surface area (Å²) in [5.74, 6) is 3.23. The smallest absolute Gasteiger partial charge is 0.292 e. The van der Waals surface area contributed by atoms with E-state index >= 15 is 0 Å². The molecule has 5 nitrogen and oxygen atoms in total. The standard InChI is InChI=1S/C31H55NO4Si2/c1-21(11-14-28(33)36-38(8,9)10)24-12-13-25-29-26(16-18-31(24,25)3)30(2)17-15-23(32-34-4)19-22(30)20-27(29)35-37(5,6)7/h19,21,24-27,29H,11-18,20H2,1-10H3/b32-23+/t21?,24-,25?,26?,27-,29?,30+,31-/m1/s1.